The number of hydrogen-bond donors (Lipinski definition) is 1. The van der Waals surface area contributed by atoms with E-state index in [1.807, 2.05) is 12.3 Å². The highest BCUT2D eigenvalue weighted by atomic mass is 32.1. The molecule has 0 radical (unpaired) electrons. The second-order valence-electron chi connectivity index (χ2n) is 2.85. The molecule has 3 nitrogen and oxygen atoms in total. The molecule has 0 fully saturated rings. The Hall–Kier alpha value is -0.450. The highest BCUT2D eigenvalue weighted by Crippen LogP contribution is 2.11. The van der Waals surface area contributed by atoms with Gasteiger partial charge in [-0.25, -0.2) is 4.98 Å². The van der Waals surface area contributed by atoms with Crippen molar-refractivity contribution in [2.24, 2.45) is 5.73 Å². The number of methoxy groups -OCH3 is 1. The number of nitrogens with two attached hydrogens (primary N) is 1. The fourth-order valence-electron chi connectivity index (χ4n) is 0.962. The largest absolute Gasteiger partial charge is 0.378 e. The Labute approximate surface area is 76.6 Å². The SMILES string of the molecule is COCc1nc(C[C@H](C)N)cs1. The maximum atomic E-state index is 5.64. The fourth-order valence-corrected chi connectivity index (χ4v) is 1.74. The van der Waals surface area contributed by atoms with Gasteiger partial charge in [0, 0.05) is 25.0 Å². The van der Waals surface area contributed by atoms with Gasteiger partial charge >= 0.3 is 0 Å². The number of hydrogen-bond acceptors (Lipinski definition) is 4. The van der Waals surface area contributed by atoms with Crippen LogP contribution in [0.4, 0.5) is 0 Å². The molecule has 0 aliphatic heterocycles. The Kier molecular flexibility index (Phi) is 3.65. The minimum Gasteiger partial charge on any atom is -0.378 e. The monoisotopic (exact) mass is 186 g/mol. The lowest BCUT2D eigenvalue weighted by Crippen LogP contribution is -2.17. The van der Waals surface area contributed by atoms with Gasteiger partial charge in [-0.3, -0.25) is 0 Å². The second-order valence-corrected chi connectivity index (χ2v) is 3.79. The van der Waals surface area contributed by atoms with Gasteiger partial charge in [-0.15, -0.1) is 11.3 Å². The fraction of sp³-hybridized carbons (Fsp3) is 0.625. The van der Waals surface area contributed by atoms with Crippen LogP contribution < -0.4 is 5.73 Å². The number of nitrogens with zero attached hydrogens (tertiary/aromatic N) is 1. The van der Waals surface area contributed by atoms with E-state index in [4.69, 9.17) is 10.5 Å². The van der Waals surface area contributed by atoms with Crippen LogP contribution in [0.3, 0.4) is 0 Å². The Morgan fingerprint density at radius 2 is 2.50 bits per heavy atom. The molecule has 68 valence electrons. The van der Waals surface area contributed by atoms with Crippen LogP contribution in [0, 0.1) is 0 Å². The third-order valence-corrected chi connectivity index (χ3v) is 2.27. The molecule has 1 rings (SSSR count). The van der Waals surface area contributed by atoms with Crippen molar-refractivity contribution in [3.05, 3.63) is 16.1 Å². The van der Waals surface area contributed by atoms with Crippen molar-refractivity contribution < 1.29 is 4.74 Å². The summed E-state index contributed by atoms with van der Waals surface area (Å²) in [6, 6.07) is 0.183. The number of thiazole rings is 1. The van der Waals surface area contributed by atoms with Crippen LogP contribution in [0.2, 0.25) is 0 Å². The van der Waals surface area contributed by atoms with Crippen LogP contribution in [0.15, 0.2) is 5.38 Å². The molecule has 2 N–H and O–H groups in total. The van der Waals surface area contributed by atoms with Gasteiger partial charge in [0.2, 0.25) is 0 Å². The van der Waals surface area contributed by atoms with Crippen LogP contribution in [-0.4, -0.2) is 18.1 Å². The van der Waals surface area contributed by atoms with Crippen molar-refractivity contribution in [3.8, 4) is 0 Å². The molecule has 1 aromatic rings. The van der Waals surface area contributed by atoms with Crippen LogP contribution in [-0.2, 0) is 17.8 Å². The molecule has 0 bridgehead atoms. The topological polar surface area (TPSA) is 48.1 Å². The third kappa shape index (κ3) is 2.89. The van der Waals surface area contributed by atoms with E-state index in [0.717, 1.165) is 17.1 Å². The van der Waals surface area contributed by atoms with Gasteiger partial charge in [0.1, 0.15) is 5.01 Å². The van der Waals surface area contributed by atoms with Gasteiger partial charge in [-0.05, 0) is 6.92 Å². The Morgan fingerprint density at radius 3 is 3.08 bits per heavy atom. The average Bonchev–Trinajstić information content (AvgIpc) is 2.36. The lowest BCUT2D eigenvalue weighted by Gasteiger charge is -1.99. The van der Waals surface area contributed by atoms with E-state index in [2.05, 4.69) is 4.98 Å². The van der Waals surface area contributed by atoms with E-state index < -0.39 is 0 Å². The van der Waals surface area contributed by atoms with E-state index >= 15 is 0 Å². The molecule has 0 saturated heterocycles. The van der Waals surface area contributed by atoms with Gasteiger partial charge in [0.05, 0.1) is 12.3 Å². The molecule has 4 heteroatoms. The zero-order valence-corrected chi connectivity index (χ0v) is 8.23. The summed E-state index contributed by atoms with van der Waals surface area (Å²) in [6.45, 7) is 2.58. The van der Waals surface area contributed by atoms with E-state index in [-0.39, 0.29) is 6.04 Å². The van der Waals surface area contributed by atoms with Crippen molar-refractivity contribution in [1.29, 1.82) is 0 Å². The first-order chi connectivity index (χ1) is 5.72. The summed E-state index contributed by atoms with van der Waals surface area (Å²) in [5, 5.41) is 3.06. The Balaban J connectivity index is 2.52. The predicted molar refractivity (Wildman–Crippen MR) is 50.2 cm³/mol. The molecule has 0 spiro atoms. The lowest BCUT2D eigenvalue weighted by molar-refractivity contribution is 0.184. The number of aromatic nitrogens is 1. The van der Waals surface area contributed by atoms with Gasteiger partial charge in [0.25, 0.3) is 0 Å². The van der Waals surface area contributed by atoms with Gasteiger partial charge in [0.15, 0.2) is 0 Å². The Morgan fingerprint density at radius 1 is 1.75 bits per heavy atom. The van der Waals surface area contributed by atoms with Crippen LogP contribution in [0.5, 0.6) is 0 Å². The summed E-state index contributed by atoms with van der Waals surface area (Å²) < 4.78 is 4.96. The molecule has 0 saturated carbocycles. The highest BCUT2D eigenvalue weighted by molar-refractivity contribution is 7.09. The summed E-state index contributed by atoms with van der Waals surface area (Å²) in [6.07, 6.45) is 0.847. The molecule has 1 aromatic heterocycles. The zero-order valence-electron chi connectivity index (χ0n) is 7.41. The van der Waals surface area contributed by atoms with Crippen LogP contribution in [0.1, 0.15) is 17.6 Å². The first-order valence-electron chi connectivity index (χ1n) is 3.90. The van der Waals surface area contributed by atoms with Crippen molar-refractivity contribution in [2.75, 3.05) is 7.11 Å². The van der Waals surface area contributed by atoms with Gasteiger partial charge < -0.3 is 10.5 Å². The van der Waals surface area contributed by atoms with Crippen LogP contribution in [0.25, 0.3) is 0 Å². The van der Waals surface area contributed by atoms with Gasteiger partial charge in [-0.2, -0.15) is 0 Å². The first kappa shape index (κ1) is 9.64. The maximum absolute atomic E-state index is 5.64. The first-order valence-corrected chi connectivity index (χ1v) is 4.78. The minimum absolute atomic E-state index is 0.183. The summed E-state index contributed by atoms with van der Waals surface area (Å²) in [4.78, 5) is 4.35. The standard InChI is InChI=1S/C8H14N2OS/c1-6(9)3-7-5-12-8(10-7)4-11-2/h5-6H,3-4,9H2,1-2H3/t6-/m0/s1. The normalized spacial score (nSPS) is 13.2. The van der Waals surface area contributed by atoms with E-state index in [0.29, 0.717) is 6.61 Å². The van der Waals surface area contributed by atoms with Crippen molar-refractivity contribution in [2.45, 2.75) is 26.0 Å². The Bertz CT molecular complexity index is 235. The average molecular weight is 186 g/mol. The minimum atomic E-state index is 0.183. The molecule has 1 atom stereocenters. The zero-order chi connectivity index (χ0) is 8.97. The molecule has 0 aliphatic carbocycles. The summed E-state index contributed by atoms with van der Waals surface area (Å²) in [5.41, 5.74) is 6.71. The number of ether oxygens (including phenoxy) is 1. The highest BCUT2D eigenvalue weighted by Gasteiger charge is 2.03. The molecule has 0 unspecified atom stereocenters. The number of rotatable bonds is 4. The maximum Gasteiger partial charge on any atom is 0.119 e. The third-order valence-electron chi connectivity index (χ3n) is 1.40. The molecule has 0 aliphatic rings. The molecular formula is C8H14N2OS. The summed E-state index contributed by atoms with van der Waals surface area (Å²) in [5.74, 6) is 0. The molecule has 0 amide bonds. The molecule has 0 aromatic carbocycles. The lowest BCUT2D eigenvalue weighted by atomic mass is 10.2. The quantitative estimate of drug-likeness (QED) is 0.768. The van der Waals surface area contributed by atoms with Crippen molar-refractivity contribution >= 4 is 11.3 Å². The second kappa shape index (κ2) is 4.54. The van der Waals surface area contributed by atoms with E-state index in [1.165, 1.54) is 0 Å². The van der Waals surface area contributed by atoms with Crippen molar-refractivity contribution in [1.82, 2.24) is 4.98 Å². The van der Waals surface area contributed by atoms with E-state index in [1.54, 1.807) is 18.4 Å². The molecule has 12 heavy (non-hydrogen) atoms. The summed E-state index contributed by atoms with van der Waals surface area (Å²) >= 11 is 1.62. The predicted octanol–water partition coefficient (Wildman–Crippen LogP) is 1.18. The molecule has 1 heterocycles. The van der Waals surface area contributed by atoms with E-state index in [9.17, 15) is 0 Å². The molecular weight excluding hydrogens is 172 g/mol. The van der Waals surface area contributed by atoms with Crippen molar-refractivity contribution in [3.63, 3.8) is 0 Å². The van der Waals surface area contributed by atoms with Crippen LogP contribution >= 0.6 is 11.3 Å². The summed E-state index contributed by atoms with van der Waals surface area (Å²) in [7, 11) is 1.67. The smallest absolute Gasteiger partial charge is 0.119 e. The van der Waals surface area contributed by atoms with Gasteiger partial charge in [-0.1, -0.05) is 0 Å².